The Bertz CT molecular complexity index is 955. The standard InChI is InChI=1S/C21H23N3O4/c1-12-5-7-18(13(2)9-12)24-20(26)11-17(21(24)27)23-16-10-15(22-14(3)25)6-8-19(16)28-4/h5-10,17,23H,11H2,1-4H3,(H,22,25)/t17-/m0/s1. The molecule has 1 fully saturated rings. The molecular formula is C21H23N3O4. The molecule has 1 aliphatic rings. The molecule has 3 rings (SSSR count). The fourth-order valence-electron chi connectivity index (χ4n) is 3.34. The van der Waals surface area contributed by atoms with Gasteiger partial charge in [-0.1, -0.05) is 17.7 Å². The number of nitrogens with one attached hydrogen (secondary N) is 2. The van der Waals surface area contributed by atoms with Crippen LogP contribution in [-0.2, 0) is 14.4 Å². The van der Waals surface area contributed by atoms with Gasteiger partial charge in [-0.05, 0) is 43.7 Å². The zero-order valence-electron chi connectivity index (χ0n) is 16.3. The van der Waals surface area contributed by atoms with Gasteiger partial charge in [0, 0.05) is 12.6 Å². The SMILES string of the molecule is COc1ccc(NC(C)=O)cc1N[C@H]1CC(=O)N(c2ccc(C)cc2C)C1=O. The lowest BCUT2D eigenvalue weighted by Gasteiger charge is -2.19. The number of benzene rings is 2. The van der Waals surface area contributed by atoms with Crippen LogP contribution in [0.1, 0.15) is 24.5 Å². The lowest BCUT2D eigenvalue weighted by atomic mass is 10.1. The van der Waals surface area contributed by atoms with E-state index in [1.807, 2.05) is 26.0 Å². The van der Waals surface area contributed by atoms with Gasteiger partial charge in [-0.3, -0.25) is 14.4 Å². The second kappa shape index (κ2) is 7.72. The summed E-state index contributed by atoms with van der Waals surface area (Å²) in [5, 5.41) is 5.79. The summed E-state index contributed by atoms with van der Waals surface area (Å²) < 4.78 is 5.34. The number of hydrogen-bond acceptors (Lipinski definition) is 5. The summed E-state index contributed by atoms with van der Waals surface area (Å²) in [6.45, 7) is 5.25. The molecule has 3 amide bonds. The molecule has 2 aromatic carbocycles. The third-order valence-electron chi connectivity index (χ3n) is 4.59. The molecule has 1 saturated heterocycles. The zero-order chi connectivity index (χ0) is 20.4. The molecule has 0 bridgehead atoms. The predicted octanol–water partition coefficient (Wildman–Crippen LogP) is 3.01. The van der Waals surface area contributed by atoms with Gasteiger partial charge in [0.2, 0.25) is 11.8 Å². The van der Waals surface area contributed by atoms with Crippen LogP contribution in [0.3, 0.4) is 0 Å². The first-order valence-corrected chi connectivity index (χ1v) is 8.96. The van der Waals surface area contributed by atoms with E-state index in [0.29, 0.717) is 22.8 Å². The molecule has 0 radical (unpaired) electrons. The molecule has 0 unspecified atom stereocenters. The number of hydrogen-bond donors (Lipinski definition) is 2. The highest BCUT2D eigenvalue weighted by Gasteiger charge is 2.40. The van der Waals surface area contributed by atoms with Crippen LogP contribution in [0.15, 0.2) is 36.4 Å². The average Bonchev–Trinajstić information content (AvgIpc) is 2.89. The number of aryl methyl sites for hydroxylation is 2. The fourth-order valence-corrected chi connectivity index (χ4v) is 3.34. The molecule has 1 atom stereocenters. The maximum atomic E-state index is 13.0. The van der Waals surface area contributed by atoms with E-state index in [4.69, 9.17) is 4.74 Å². The Kier molecular flexibility index (Phi) is 5.35. The summed E-state index contributed by atoms with van der Waals surface area (Å²) in [6, 6.07) is 9.97. The van der Waals surface area contributed by atoms with Gasteiger partial charge in [0.1, 0.15) is 11.8 Å². The Balaban J connectivity index is 1.87. The number of carbonyl (C=O) groups is 3. The zero-order valence-corrected chi connectivity index (χ0v) is 16.3. The first-order chi connectivity index (χ1) is 13.3. The monoisotopic (exact) mass is 381 g/mol. The number of methoxy groups -OCH3 is 1. The van der Waals surface area contributed by atoms with E-state index in [1.54, 1.807) is 24.3 Å². The van der Waals surface area contributed by atoms with Crippen LogP contribution in [0, 0.1) is 13.8 Å². The normalized spacial score (nSPS) is 16.3. The Labute approximate surface area is 163 Å². The highest BCUT2D eigenvalue weighted by Crippen LogP contribution is 2.32. The molecular weight excluding hydrogens is 358 g/mol. The highest BCUT2D eigenvalue weighted by molar-refractivity contribution is 6.23. The fraction of sp³-hybridized carbons (Fsp3) is 0.286. The molecule has 0 spiro atoms. The van der Waals surface area contributed by atoms with E-state index < -0.39 is 6.04 Å². The van der Waals surface area contributed by atoms with Crippen molar-refractivity contribution in [2.75, 3.05) is 22.6 Å². The van der Waals surface area contributed by atoms with Gasteiger partial charge in [-0.25, -0.2) is 4.90 Å². The third kappa shape index (κ3) is 3.83. The molecule has 0 aromatic heterocycles. The van der Waals surface area contributed by atoms with Crippen LogP contribution >= 0.6 is 0 Å². The van der Waals surface area contributed by atoms with Crippen molar-refractivity contribution in [1.82, 2.24) is 0 Å². The Morgan fingerprint density at radius 2 is 1.89 bits per heavy atom. The van der Waals surface area contributed by atoms with E-state index in [2.05, 4.69) is 10.6 Å². The van der Waals surface area contributed by atoms with Gasteiger partial charge in [-0.2, -0.15) is 0 Å². The van der Waals surface area contributed by atoms with Gasteiger partial charge in [-0.15, -0.1) is 0 Å². The van der Waals surface area contributed by atoms with Gasteiger partial charge < -0.3 is 15.4 Å². The Hall–Kier alpha value is -3.35. The molecule has 1 aliphatic heterocycles. The van der Waals surface area contributed by atoms with Crippen LogP contribution in [0.2, 0.25) is 0 Å². The molecule has 7 nitrogen and oxygen atoms in total. The summed E-state index contributed by atoms with van der Waals surface area (Å²) in [5.41, 5.74) is 3.63. The summed E-state index contributed by atoms with van der Waals surface area (Å²) in [7, 11) is 1.52. The minimum Gasteiger partial charge on any atom is -0.495 e. The molecule has 0 aliphatic carbocycles. The third-order valence-corrected chi connectivity index (χ3v) is 4.59. The number of ether oxygens (including phenoxy) is 1. The van der Waals surface area contributed by atoms with Crippen LogP contribution < -0.4 is 20.3 Å². The average molecular weight is 381 g/mol. The summed E-state index contributed by atoms with van der Waals surface area (Å²) in [4.78, 5) is 38.1. The van der Waals surface area contributed by atoms with Crippen molar-refractivity contribution < 1.29 is 19.1 Å². The van der Waals surface area contributed by atoms with E-state index in [1.165, 1.54) is 18.9 Å². The number of nitrogens with zero attached hydrogens (tertiary/aromatic N) is 1. The molecule has 2 aromatic rings. The smallest absolute Gasteiger partial charge is 0.256 e. The van der Waals surface area contributed by atoms with E-state index in [0.717, 1.165) is 11.1 Å². The van der Waals surface area contributed by atoms with Crippen LogP contribution in [0.5, 0.6) is 5.75 Å². The summed E-state index contributed by atoms with van der Waals surface area (Å²) in [5.74, 6) is -0.265. The van der Waals surface area contributed by atoms with E-state index in [-0.39, 0.29) is 24.1 Å². The summed E-state index contributed by atoms with van der Waals surface area (Å²) >= 11 is 0. The minimum atomic E-state index is -0.713. The number of amides is 3. The number of imide groups is 1. The van der Waals surface area contributed by atoms with E-state index >= 15 is 0 Å². The molecule has 2 N–H and O–H groups in total. The van der Waals surface area contributed by atoms with Crippen molar-refractivity contribution in [2.24, 2.45) is 0 Å². The lowest BCUT2D eigenvalue weighted by Crippen LogP contribution is -2.35. The first kappa shape index (κ1) is 19.4. The maximum absolute atomic E-state index is 13.0. The van der Waals surface area contributed by atoms with E-state index in [9.17, 15) is 14.4 Å². The summed E-state index contributed by atoms with van der Waals surface area (Å²) in [6.07, 6.45) is 0.0413. The largest absolute Gasteiger partial charge is 0.495 e. The van der Waals surface area contributed by atoms with Crippen LogP contribution in [0.25, 0.3) is 0 Å². The quantitative estimate of drug-likeness (QED) is 0.778. The molecule has 1 heterocycles. The Morgan fingerprint density at radius 3 is 2.54 bits per heavy atom. The predicted molar refractivity (Wildman–Crippen MR) is 108 cm³/mol. The lowest BCUT2D eigenvalue weighted by molar-refractivity contribution is -0.121. The number of carbonyl (C=O) groups excluding carboxylic acids is 3. The van der Waals surface area contributed by atoms with Gasteiger partial charge >= 0.3 is 0 Å². The van der Waals surface area contributed by atoms with Crippen LogP contribution in [0.4, 0.5) is 17.1 Å². The van der Waals surface area contributed by atoms with Crippen molar-refractivity contribution >= 4 is 34.8 Å². The van der Waals surface area contributed by atoms with Gasteiger partial charge in [0.15, 0.2) is 0 Å². The van der Waals surface area contributed by atoms with Crippen molar-refractivity contribution in [3.05, 3.63) is 47.5 Å². The van der Waals surface area contributed by atoms with Gasteiger partial charge in [0.25, 0.3) is 5.91 Å². The minimum absolute atomic E-state index is 0.0413. The second-order valence-corrected chi connectivity index (χ2v) is 6.85. The molecule has 28 heavy (non-hydrogen) atoms. The van der Waals surface area contributed by atoms with Crippen LogP contribution in [-0.4, -0.2) is 30.9 Å². The molecule has 7 heteroatoms. The highest BCUT2D eigenvalue weighted by atomic mass is 16.5. The van der Waals surface area contributed by atoms with Crippen molar-refractivity contribution in [3.63, 3.8) is 0 Å². The topological polar surface area (TPSA) is 87.7 Å². The Morgan fingerprint density at radius 1 is 1.14 bits per heavy atom. The van der Waals surface area contributed by atoms with Crippen molar-refractivity contribution in [3.8, 4) is 5.75 Å². The number of rotatable bonds is 5. The van der Waals surface area contributed by atoms with Crippen molar-refractivity contribution in [1.29, 1.82) is 0 Å². The second-order valence-electron chi connectivity index (χ2n) is 6.85. The maximum Gasteiger partial charge on any atom is 0.256 e. The first-order valence-electron chi connectivity index (χ1n) is 8.96. The van der Waals surface area contributed by atoms with Gasteiger partial charge in [0.05, 0.1) is 24.9 Å². The van der Waals surface area contributed by atoms with Crippen molar-refractivity contribution in [2.45, 2.75) is 33.2 Å². The molecule has 0 saturated carbocycles. The number of anilines is 3. The molecule has 146 valence electrons.